The molecular weight excluding hydrogens is 290 g/mol. The van der Waals surface area contributed by atoms with Gasteiger partial charge >= 0.3 is 0 Å². The van der Waals surface area contributed by atoms with E-state index in [0.717, 1.165) is 21.2 Å². The molecule has 0 saturated carbocycles. The second-order valence-corrected chi connectivity index (χ2v) is 5.41. The number of pyridine rings is 1. The molecule has 0 aliphatic carbocycles. The number of ketones is 1. The maximum atomic E-state index is 12.5. The van der Waals surface area contributed by atoms with Crippen molar-refractivity contribution in [3.05, 3.63) is 62.9 Å². The number of rotatable bonds is 2. The minimum atomic E-state index is 0.0267. The molecule has 0 saturated heterocycles. The van der Waals surface area contributed by atoms with Gasteiger partial charge in [-0.15, -0.1) is 0 Å². The van der Waals surface area contributed by atoms with Crippen molar-refractivity contribution in [1.29, 1.82) is 0 Å². The number of halogens is 1. The highest BCUT2D eigenvalue weighted by atomic mass is 79.9. The molecule has 0 fully saturated rings. The third-order valence-electron chi connectivity index (χ3n) is 2.87. The Labute approximate surface area is 115 Å². The zero-order valence-electron chi connectivity index (χ0n) is 10.6. The molecule has 2 nitrogen and oxygen atoms in total. The fraction of sp³-hybridized carbons (Fsp3) is 0.200. The molecule has 0 spiro atoms. The molecule has 0 atom stereocenters. The first-order chi connectivity index (χ1) is 8.49. The second-order valence-electron chi connectivity index (χ2n) is 4.49. The number of carbonyl (C=O) groups excluding carboxylic acids is 1. The van der Waals surface area contributed by atoms with E-state index in [2.05, 4.69) is 20.9 Å². The Bertz CT molecular complexity index is 597. The largest absolute Gasteiger partial charge is 0.289 e. The average Bonchev–Trinajstić information content (AvgIpc) is 2.27. The first-order valence-corrected chi connectivity index (χ1v) is 6.51. The molecule has 0 N–H and O–H groups in total. The van der Waals surface area contributed by atoms with E-state index in [1.54, 1.807) is 18.5 Å². The molecule has 0 aliphatic heterocycles. The van der Waals surface area contributed by atoms with Crippen LogP contribution < -0.4 is 0 Å². The van der Waals surface area contributed by atoms with E-state index in [-0.39, 0.29) is 5.78 Å². The van der Waals surface area contributed by atoms with Crippen LogP contribution in [0.3, 0.4) is 0 Å². The highest BCUT2D eigenvalue weighted by Crippen LogP contribution is 2.21. The zero-order valence-corrected chi connectivity index (χ0v) is 12.2. The normalized spacial score (nSPS) is 10.4. The molecule has 0 unspecified atom stereocenters. The molecule has 0 amide bonds. The summed E-state index contributed by atoms with van der Waals surface area (Å²) >= 11 is 3.34. The van der Waals surface area contributed by atoms with E-state index >= 15 is 0 Å². The van der Waals surface area contributed by atoms with Gasteiger partial charge in [-0.1, -0.05) is 17.7 Å². The molecule has 1 aromatic carbocycles. The summed E-state index contributed by atoms with van der Waals surface area (Å²) in [7, 11) is 0. The van der Waals surface area contributed by atoms with Gasteiger partial charge in [0.15, 0.2) is 5.78 Å². The Morgan fingerprint density at radius 2 is 1.67 bits per heavy atom. The predicted octanol–water partition coefficient (Wildman–Crippen LogP) is 4.00. The molecule has 0 radical (unpaired) electrons. The maximum absolute atomic E-state index is 12.5. The van der Waals surface area contributed by atoms with Gasteiger partial charge in [0.25, 0.3) is 0 Å². The van der Waals surface area contributed by atoms with Gasteiger partial charge < -0.3 is 0 Å². The van der Waals surface area contributed by atoms with Crippen LogP contribution in [0.1, 0.15) is 32.6 Å². The molecule has 2 rings (SSSR count). The highest BCUT2D eigenvalue weighted by molar-refractivity contribution is 9.10. The van der Waals surface area contributed by atoms with Crippen molar-refractivity contribution in [1.82, 2.24) is 4.98 Å². The predicted molar refractivity (Wildman–Crippen MR) is 76.0 cm³/mol. The van der Waals surface area contributed by atoms with Gasteiger partial charge in [-0.2, -0.15) is 0 Å². The van der Waals surface area contributed by atoms with Gasteiger partial charge in [0, 0.05) is 28.0 Å². The molecule has 0 bridgehead atoms. The minimum absolute atomic E-state index is 0.0267. The maximum Gasteiger partial charge on any atom is 0.195 e. The Balaban J connectivity index is 2.53. The number of aryl methyl sites for hydroxylation is 3. The first-order valence-electron chi connectivity index (χ1n) is 5.72. The van der Waals surface area contributed by atoms with Gasteiger partial charge in [0.2, 0.25) is 0 Å². The van der Waals surface area contributed by atoms with Crippen LogP contribution in [-0.2, 0) is 0 Å². The Kier molecular flexibility index (Phi) is 3.62. The van der Waals surface area contributed by atoms with Crippen molar-refractivity contribution >= 4 is 21.7 Å². The smallest absolute Gasteiger partial charge is 0.195 e. The summed E-state index contributed by atoms with van der Waals surface area (Å²) in [6.45, 7) is 5.98. The highest BCUT2D eigenvalue weighted by Gasteiger charge is 2.15. The fourth-order valence-electron chi connectivity index (χ4n) is 2.22. The monoisotopic (exact) mass is 303 g/mol. The van der Waals surface area contributed by atoms with Crippen molar-refractivity contribution in [2.45, 2.75) is 20.8 Å². The van der Waals surface area contributed by atoms with Crippen LogP contribution >= 0.6 is 15.9 Å². The lowest BCUT2D eigenvalue weighted by Gasteiger charge is -2.10. The Morgan fingerprint density at radius 1 is 1.06 bits per heavy atom. The van der Waals surface area contributed by atoms with Gasteiger partial charge in [-0.25, -0.2) is 0 Å². The van der Waals surface area contributed by atoms with Crippen molar-refractivity contribution in [2.75, 3.05) is 0 Å². The number of aromatic nitrogens is 1. The van der Waals surface area contributed by atoms with Crippen molar-refractivity contribution in [3.63, 3.8) is 0 Å². The first kappa shape index (κ1) is 13.0. The number of hydrogen-bond donors (Lipinski definition) is 0. The Morgan fingerprint density at radius 3 is 2.22 bits per heavy atom. The van der Waals surface area contributed by atoms with E-state index < -0.39 is 0 Å². The van der Waals surface area contributed by atoms with Crippen molar-refractivity contribution in [3.8, 4) is 0 Å². The SMILES string of the molecule is Cc1cc(C)c(C(=O)c2cncc(Br)c2)c(C)c1. The fourth-order valence-corrected chi connectivity index (χ4v) is 2.58. The van der Waals surface area contributed by atoms with E-state index in [9.17, 15) is 4.79 Å². The topological polar surface area (TPSA) is 30.0 Å². The van der Waals surface area contributed by atoms with Crippen LogP contribution in [-0.4, -0.2) is 10.8 Å². The third kappa shape index (κ3) is 2.51. The molecular formula is C15H14BrNO. The van der Waals surface area contributed by atoms with Crippen molar-refractivity contribution in [2.24, 2.45) is 0 Å². The summed E-state index contributed by atoms with van der Waals surface area (Å²) in [5.74, 6) is 0.0267. The molecule has 3 heteroatoms. The molecule has 18 heavy (non-hydrogen) atoms. The average molecular weight is 304 g/mol. The van der Waals surface area contributed by atoms with Crippen LogP contribution in [0.25, 0.3) is 0 Å². The van der Waals surface area contributed by atoms with Crippen LogP contribution in [0, 0.1) is 20.8 Å². The molecule has 1 aromatic heterocycles. The summed E-state index contributed by atoms with van der Waals surface area (Å²) < 4.78 is 0.816. The Hall–Kier alpha value is -1.48. The van der Waals surface area contributed by atoms with Crippen LogP contribution in [0.15, 0.2) is 35.1 Å². The molecule has 2 aromatic rings. The summed E-state index contributed by atoms with van der Waals surface area (Å²) in [4.78, 5) is 16.5. The van der Waals surface area contributed by atoms with E-state index in [1.165, 1.54) is 5.56 Å². The summed E-state index contributed by atoms with van der Waals surface area (Å²) in [5, 5.41) is 0. The second kappa shape index (κ2) is 5.02. The third-order valence-corrected chi connectivity index (χ3v) is 3.30. The van der Waals surface area contributed by atoms with Gasteiger partial charge in [-0.3, -0.25) is 9.78 Å². The summed E-state index contributed by atoms with van der Waals surface area (Å²) in [5.41, 5.74) is 4.59. The van der Waals surface area contributed by atoms with Crippen molar-refractivity contribution < 1.29 is 4.79 Å². The van der Waals surface area contributed by atoms with Crippen LogP contribution in [0.5, 0.6) is 0 Å². The number of benzene rings is 1. The summed E-state index contributed by atoms with van der Waals surface area (Å²) in [6.07, 6.45) is 3.28. The van der Waals surface area contributed by atoms with E-state index in [0.29, 0.717) is 5.56 Å². The van der Waals surface area contributed by atoms with Gasteiger partial charge in [-0.05, 0) is 53.9 Å². The van der Waals surface area contributed by atoms with Gasteiger partial charge in [0.05, 0.1) is 0 Å². The number of hydrogen-bond acceptors (Lipinski definition) is 2. The number of nitrogens with zero attached hydrogens (tertiary/aromatic N) is 1. The van der Waals surface area contributed by atoms with E-state index in [1.807, 2.05) is 32.9 Å². The van der Waals surface area contributed by atoms with Crippen LogP contribution in [0.4, 0.5) is 0 Å². The number of carbonyl (C=O) groups is 1. The summed E-state index contributed by atoms with van der Waals surface area (Å²) in [6, 6.07) is 5.87. The molecule has 0 aliphatic rings. The lowest BCUT2D eigenvalue weighted by atomic mass is 9.94. The lowest BCUT2D eigenvalue weighted by molar-refractivity contribution is 0.103. The van der Waals surface area contributed by atoms with Gasteiger partial charge in [0.1, 0.15) is 0 Å². The standard InChI is InChI=1S/C15H14BrNO/c1-9-4-10(2)14(11(3)5-9)15(18)12-6-13(16)8-17-7-12/h4-8H,1-3H3. The van der Waals surface area contributed by atoms with Crippen LogP contribution in [0.2, 0.25) is 0 Å². The molecule has 92 valence electrons. The zero-order chi connectivity index (χ0) is 13.3. The van der Waals surface area contributed by atoms with E-state index in [4.69, 9.17) is 0 Å². The quantitative estimate of drug-likeness (QED) is 0.785. The minimum Gasteiger partial charge on any atom is -0.289 e. The lowest BCUT2D eigenvalue weighted by Crippen LogP contribution is -2.07. The molecule has 1 heterocycles.